The molecular formula is C11H16ClN3. The average Bonchev–Trinajstić information content (AvgIpc) is 2.15. The summed E-state index contributed by atoms with van der Waals surface area (Å²) in [4.78, 5) is 10.7. The van der Waals surface area contributed by atoms with Crippen LogP contribution in [0.25, 0.3) is 0 Å². The third kappa shape index (κ3) is 2.59. The van der Waals surface area contributed by atoms with Crippen LogP contribution in [0.2, 0.25) is 0 Å². The van der Waals surface area contributed by atoms with Crippen molar-refractivity contribution in [3.63, 3.8) is 0 Å². The molecule has 0 N–H and O–H groups in total. The number of rotatable bonds is 3. The molecule has 1 aliphatic carbocycles. The second-order valence-electron chi connectivity index (χ2n) is 4.28. The van der Waals surface area contributed by atoms with Crippen LogP contribution in [0, 0.1) is 12.8 Å². The normalized spacial score (nSPS) is 24.7. The lowest BCUT2D eigenvalue weighted by Gasteiger charge is -2.34. The lowest BCUT2D eigenvalue weighted by atomic mass is 9.84. The molecule has 2 rings (SSSR count). The molecule has 15 heavy (non-hydrogen) atoms. The van der Waals surface area contributed by atoms with E-state index < -0.39 is 0 Å². The van der Waals surface area contributed by atoms with Crippen LogP contribution in [0.3, 0.4) is 0 Å². The fraction of sp³-hybridized carbons (Fsp3) is 0.636. The highest BCUT2D eigenvalue weighted by Gasteiger charge is 2.28. The van der Waals surface area contributed by atoms with Crippen molar-refractivity contribution >= 4 is 17.4 Å². The minimum absolute atomic E-state index is 0.399. The first-order valence-corrected chi connectivity index (χ1v) is 5.73. The van der Waals surface area contributed by atoms with Gasteiger partial charge in [0.25, 0.3) is 0 Å². The SMILES string of the molecule is Cc1nccc(N(C)CC2CC(Cl)C2)n1. The molecule has 0 bridgehead atoms. The van der Waals surface area contributed by atoms with E-state index in [2.05, 4.69) is 21.9 Å². The van der Waals surface area contributed by atoms with Crippen molar-refractivity contribution in [2.45, 2.75) is 25.1 Å². The molecule has 0 unspecified atom stereocenters. The van der Waals surface area contributed by atoms with Crippen LogP contribution in [0.1, 0.15) is 18.7 Å². The second-order valence-corrected chi connectivity index (χ2v) is 4.89. The van der Waals surface area contributed by atoms with Crippen LogP contribution >= 0.6 is 11.6 Å². The van der Waals surface area contributed by atoms with Gasteiger partial charge in [-0.2, -0.15) is 0 Å². The topological polar surface area (TPSA) is 29.0 Å². The molecule has 0 spiro atoms. The summed E-state index contributed by atoms with van der Waals surface area (Å²) in [5, 5.41) is 0.399. The minimum atomic E-state index is 0.399. The highest BCUT2D eigenvalue weighted by atomic mass is 35.5. The number of nitrogens with zero attached hydrogens (tertiary/aromatic N) is 3. The maximum absolute atomic E-state index is 5.95. The average molecular weight is 226 g/mol. The summed E-state index contributed by atoms with van der Waals surface area (Å²) in [6, 6.07) is 1.95. The van der Waals surface area contributed by atoms with E-state index in [-0.39, 0.29) is 0 Å². The lowest BCUT2D eigenvalue weighted by molar-refractivity contribution is 0.328. The fourth-order valence-corrected chi connectivity index (χ4v) is 2.44. The van der Waals surface area contributed by atoms with Gasteiger partial charge in [0.05, 0.1) is 0 Å². The molecule has 1 aromatic heterocycles. The van der Waals surface area contributed by atoms with E-state index in [0.717, 1.165) is 36.9 Å². The second kappa shape index (κ2) is 4.35. The largest absolute Gasteiger partial charge is 0.359 e. The van der Waals surface area contributed by atoms with Crippen LogP contribution in [0.5, 0.6) is 0 Å². The van der Waals surface area contributed by atoms with Gasteiger partial charge in [0.15, 0.2) is 0 Å². The molecule has 1 fully saturated rings. The molecule has 0 atom stereocenters. The van der Waals surface area contributed by atoms with E-state index in [9.17, 15) is 0 Å². The number of alkyl halides is 1. The summed E-state index contributed by atoms with van der Waals surface area (Å²) in [6.07, 6.45) is 4.07. The van der Waals surface area contributed by atoms with Crippen molar-refractivity contribution in [1.29, 1.82) is 0 Å². The van der Waals surface area contributed by atoms with Gasteiger partial charge >= 0.3 is 0 Å². The predicted octanol–water partition coefficient (Wildman–Crippen LogP) is 2.24. The summed E-state index contributed by atoms with van der Waals surface area (Å²) in [5.74, 6) is 2.55. The zero-order valence-electron chi connectivity index (χ0n) is 9.15. The molecule has 4 heteroatoms. The van der Waals surface area contributed by atoms with Crippen LogP contribution in [-0.4, -0.2) is 28.9 Å². The summed E-state index contributed by atoms with van der Waals surface area (Å²) >= 11 is 5.95. The highest BCUT2D eigenvalue weighted by molar-refractivity contribution is 6.21. The van der Waals surface area contributed by atoms with E-state index in [0.29, 0.717) is 5.38 Å². The lowest BCUT2D eigenvalue weighted by Crippen LogP contribution is -2.35. The molecular weight excluding hydrogens is 210 g/mol. The van der Waals surface area contributed by atoms with Crippen LogP contribution < -0.4 is 4.90 Å². The number of aromatic nitrogens is 2. The zero-order chi connectivity index (χ0) is 10.8. The molecule has 1 aliphatic rings. The molecule has 1 heterocycles. The van der Waals surface area contributed by atoms with E-state index >= 15 is 0 Å². The van der Waals surface area contributed by atoms with Crippen molar-refractivity contribution in [2.24, 2.45) is 5.92 Å². The molecule has 0 saturated heterocycles. The molecule has 0 aliphatic heterocycles. The molecule has 0 radical (unpaired) electrons. The zero-order valence-corrected chi connectivity index (χ0v) is 9.91. The quantitative estimate of drug-likeness (QED) is 0.739. The Balaban J connectivity index is 1.93. The van der Waals surface area contributed by atoms with Gasteiger partial charge in [-0.1, -0.05) is 0 Å². The number of hydrogen-bond donors (Lipinski definition) is 0. The molecule has 1 aromatic rings. The third-order valence-electron chi connectivity index (χ3n) is 2.86. The van der Waals surface area contributed by atoms with Gasteiger partial charge in [-0.15, -0.1) is 11.6 Å². The van der Waals surface area contributed by atoms with E-state index in [1.165, 1.54) is 0 Å². The van der Waals surface area contributed by atoms with Gasteiger partial charge in [0, 0.05) is 25.2 Å². The highest BCUT2D eigenvalue weighted by Crippen LogP contribution is 2.32. The van der Waals surface area contributed by atoms with Crippen molar-refractivity contribution in [3.05, 3.63) is 18.1 Å². The van der Waals surface area contributed by atoms with Crippen LogP contribution in [-0.2, 0) is 0 Å². The van der Waals surface area contributed by atoms with E-state index in [1.807, 2.05) is 13.0 Å². The van der Waals surface area contributed by atoms with Gasteiger partial charge in [-0.25, -0.2) is 9.97 Å². The first kappa shape index (κ1) is 10.7. The van der Waals surface area contributed by atoms with E-state index in [1.54, 1.807) is 6.20 Å². The van der Waals surface area contributed by atoms with Crippen molar-refractivity contribution in [1.82, 2.24) is 9.97 Å². The van der Waals surface area contributed by atoms with Crippen LogP contribution in [0.15, 0.2) is 12.3 Å². The Morgan fingerprint density at radius 1 is 1.53 bits per heavy atom. The Morgan fingerprint density at radius 3 is 2.87 bits per heavy atom. The Hall–Kier alpha value is -0.830. The Bertz CT molecular complexity index is 336. The molecule has 3 nitrogen and oxygen atoms in total. The van der Waals surface area contributed by atoms with Gasteiger partial charge in [-0.05, 0) is 31.7 Å². The van der Waals surface area contributed by atoms with Crippen LogP contribution in [0.4, 0.5) is 5.82 Å². The summed E-state index contributed by atoms with van der Waals surface area (Å²) in [7, 11) is 2.07. The molecule has 82 valence electrons. The summed E-state index contributed by atoms with van der Waals surface area (Å²) in [5.41, 5.74) is 0. The maximum Gasteiger partial charge on any atom is 0.131 e. The summed E-state index contributed by atoms with van der Waals surface area (Å²) < 4.78 is 0. The summed E-state index contributed by atoms with van der Waals surface area (Å²) in [6.45, 7) is 2.95. The van der Waals surface area contributed by atoms with Gasteiger partial charge < -0.3 is 4.90 Å². The van der Waals surface area contributed by atoms with Gasteiger partial charge in [0.2, 0.25) is 0 Å². The van der Waals surface area contributed by atoms with Crippen molar-refractivity contribution in [3.8, 4) is 0 Å². The number of hydrogen-bond acceptors (Lipinski definition) is 3. The van der Waals surface area contributed by atoms with Gasteiger partial charge in [0.1, 0.15) is 11.6 Å². The van der Waals surface area contributed by atoms with Crippen molar-refractivity contribution in [2.75, 3.05) is 18.5 Å². The number of anilines is 1. The molecule has 0 amide bonds. The fourth-order valence-electron chi connectivity index (χ4n) is 1.94. The smallest absolute Gasteiger partial charge is 0.131 e. The maximum atomic E-state index is 5.95. The Morgan fingerprint density at radius 2 is 2.27 bits per heavy atom. The van der Waals surface area contributed by atoms with E-state index in [4.69, 9.17) is 11.6 Å². The third-order valence-corrected chi connectivity index (χ3v) is 3.22. The molecule has 1 saturated carbocycles. The number of halogens is 1. The minimum Gasteiger partial charge on any atom is -0.359 e. The monoisotopic (exact) mass is 225 g/mol. The van der Waals surface area contributed by atoms with Crippen molar-refractivity contribution < 1.29 is 0 Å². The Labute approximate surface area is 95.5 Å². The Kier molecular flexibility index (Phi) is 3.10. The predicted molar refractivity (Wildman–Crippen MR) is 62.4 cm³/mol. The number of aryl methyl sites for hydroxylation is 1. The standard InChI is InChI=1S/C11H16ClN3/c1-8-13-4-3-11(14-8)15(2)7-9-5-10(12)6-9/h3-4,9-10H,5-7H2,1-2H3. The first-order valence-electron chi connectivity index (χ1n) is 5.30. The first-order chi connectivity index (χ1) is 7.15. The van der Waals surface area contributed by atoms with Gasteiger partial charge in [-0.3, -0.25) is 0 Å². The molecule has 0 aromatic carbocycles.